The van der Waals surface area contributed by atoms with Gasteiger partial charge in [0.2, 0.25) is 0 Å². The van der Waals surface area contributed by atoms with E-state index < -0.39 is 0 Å². The molecule has 0 rings (SSSR count). The first kappa shape index (κ1) is 16.9. The zero-order valence-electron chi connectivity index (χ0n) is 11.8. The fourth-order valence-corrected chi connectivity index (χ4v) is 2.23. The Morgan fingerprint density at radius 1 is 0.294 bits per heavy atom. The van der Waals surface area contributed by atoms with Gasteiger partial charge in [-0.1, -0.05) is 70.6 Å². The molecule has 104 valence electrons. The highest BCUT2D eigenvalue weighted by Gasteiger charge is 1.93. The first-order chi connectivity index (χ1) is 8.41. The molecule has 0 aromatic carbocycles. The Hall–Kier alpha value is -0.0800. The zero-order valence-corrected chi connectivity index (χ0v) is 11.8. The van der Waals surface area contributed by atoms with Crippen molar-refractivity contribution in [1.82, 2.24) is 0 Å². The number of hydrogen-bond acceptors (Lipinski definition) is 2. The van der Waals surface area contributed by atoms with Crippen molar-refractivity contribution < 1.29 is 0 Å². The number of hydrogen-bond donors (Lipinski definition) is 2. The third kappa shape index (κ3) is 15.9. The summed E-state index contributed by atoms with van der Waals surface area (Å²) in [5, 5.41) is 0. The van der Waals surface area contributed by atoms with E-state index in [2.05, 4.69) is 0 Å². The van der Waals surface area contributed by atoms with Crippen LogP contribution in [0.25, 0.3) is 0 Å². The van der Waals surface area contributed by atoms with Gasteiger partial charge in [-0.05, 0) is 25.9 Å². The zero-order chi connectivity index (χ0) is 12.6. The van der Waals surface area contributed by atoms with Gasteiger partial charge >= 0.3 is 0 Å². The SMILES string of the molecule is NCCCCCCCCCCCCCCCN. The van der Waals surface area contributed by atoms with Crippen LogP contribution in [0.3, 0.4) is 0 Å². The van der Waals surface area contributed by atoms with E-state index in [9.17, 15) is 0 Å². The largest absolute Gasteiger partial charge is 0.330 e. The van der Waals surface area contributed by atoms with E-state index in [1.54, 1.807) is 0 Å². The summed E-state index contributed by atoms with van der Waals surface area (Å²) in [5.74, 6) is 0. The first-order valence-electron chi connectivity index (χ1n) is 7.82. The molecular formula is C15H34N2. The monoisotopic (exact) mass is 242 g/mol. The molecular weight excluding hydrogens is 208 g/mol. The van der Waals surface area contributed by atoms with Crippen molar-refractivity contribution in [2.45, 2.75) is 83.5 Å². The summed E-state index contributed by atoms with van der Waals surface area (Å²) >= 11 is 0. The fraction of sp³-hybridized carbons (Fsp3) is 1.00. The van der Waals surface area contributed by atoms with Gasteiger partial charge in [-0.3, -0.25) is 0 Å². The molecule has 17 heavy (non-hydrogen) atoms. The van der Waals surface area contributed by atoms with Gasteiger partial charge in [0, 0.05) is 0 Å². The molecule has 0 heterocycles. The van der Waals surface area contributed by atoms with Crippen LogP contribution < -0.4 is 11.5 Å². The van der Waals surface area contributed by atoms with E-state index in [0.29, 0.717) is 0 Å². The lowest BCUT2D eigenvalue weighted by Crippen LogP contribution is -1.97. The Bertz CT molecular complexity index is 112. The highest BCUT2D eigenvalue weighted by Crippen LogP contribution is 2.12. The van der Waals surface area contributed by atoms with Crippen LogP contribution in [-0.2, 0) is 0 Å². The molecule has 0 amide bonds. The highest BCUT2D eigenvalue weighted by molar-refractivity contribution is 4.49. The topological polar surface area (TPSA) is 52.0 Å². The molecule has 2 nitrogen and oxygen atoms in total. The standard InChI is InChI=1S/C15H34N2/c16-14-12-10-8-6-4-2-1-3-5-7-9-11-13-15-17/h1-17H2. The number of unbranched alkanes of at least 4 members (excludes halogenated alkanes) is 12. The van der Waals surface area contributed by atoms with E-state index in [4.69, 9.17) is 11.5 Å². The van der Waals surface area contributed by atoms with Crippen molar-refractivity contribution in [1.29, 1.82) is 0 Å². The Morgan fingerprint density at radius 2 is 0.471 bits per heavy atom. The molecule has 0 aliphatic rings. The van der Waals surface area contributed by atoms with E-state index >= 15 is 0 Å². The average Bonchev–Trinajstić information content (AvgIpc) is 2.35. The second-order valence-corrected chi connectivity index (χ2v) is 5.17. The van der Waals surface area contributed by atoms with E-state index in [-0.39, 0.29) is 0 Å². The first-order valence-corrected chi connectivity index (χ1v) is 7.82. The normalized spacial score (nSPS) is 10.9. The van der Waals surface area contributed by atoms with Crippen molar-refractivity contribution >= 4 is 0 Å². The number of rotatable bonds is 14. The van der Waals surface area contributed by atoms with Crippen molar-refractivity contribution in [2.24, 2.45) is 11.5 Å². The van der Waals surface area contributed by atoms with Crippen molar-refractivity contribution in [3.63, 3.8) is 0 Å². The lowest BCUT2D eigenvalue weighted by atomic mass is 10.0. The van der Waals surface area contributed by atoms with Gasteiger partial charge in [0.1, 0.15) is 0 Å². The molecule has 0 radical (unpaired) electrons. The maximum absolute atomic E-state index is 5.46. The lowest BCUT2D eigenvalue weighted by molar-refractivity contribution is 0.538. The summed E-state index contributed by atoms with van der Waals surface area (Å²) in [7, 11) is 0. The molecule has 2 heteroatoms. The minimum absolute atomic E-state index is 0.865. The number of nitrogens with two attached hydrogens (primary N) is 2. The molecule has 0 saturated carbocycles. The van der Waals surface area contributed by atoms with Crippen LogP contribution in [0, 0.1) is 0 Å². The summed E-state index contributed by atoms with van der Waals surface area (Å²) in [4.78, 5) is 0. The lowest BCUT2D eigenvalue weighted by Gasteiger charge is -2.02. The molecule has 0 aliphatic carbocycles. The molecule has 0 spiro atoms. The summed E-state index contributed by atoms with van der Waals surface area (Å²) in [5.41, 5.74) is 10.9. The van der Waals surface area contributed by atoms with E-state index in [1.165, 1.54) is 83.5 Å². The molecule has 4 N–H and O–H groups in total. The van der Waals surface area contributed by atoms with E-state index in [0.717, 1.165) is 13.1 Å². The van der Waals surface area contributed by atoms with Gasteiger partial charge in [-0.2, -0.15) is 0 Å². The third-order valence-corrected chi connectivity index (χ3v) is 3.41. The van der Waals surface area contributed by atoms with Crippen molar-refractivity contribution in [3.05, 3.63) is 0 Å². The van der Waals surface area contributed by atoms with Gasteiger partial charge in [-0.25, -0.2) is 0 Å². The van der Waals surface area contributed by atoms with Gasteiger partial charge < -0.3 is 11.5 Å². The van der Waals surface area contributed by atoms with Crippen LogP contribution in [-0.4, -0.2) is 13.1 Å². The van der Waals surface area contributed by atoms with Gasteiger partial charge in [0.25, 0.3) is 0 Å². The minimum Gasteiger partial charge on any atom is -0.330 e. The summed E-state index contributed by atoms with van der Waals surface area (Å²) in [6.07, 6.45) is 17.8. The summed E-state index contributed by atoms with van der Waals surface area (Å²) < 4.78 is 0. The van der Waals surface area contributed by atoms with Crippen LogP contribution in [0.4, 0.5) is 0 Å². The van der Waals surface area contributed by atoms with E-state index in [1.807, 2.05) is 0 Å². The Labute approximate surface area is 109 Å². The van der Waals surface area contributed by atoms with Crippen LogP contribution in [0.15, 0.2) is 0 Å². The van der Waals surface area contributed by atoms with Crippen molar-refractivity contribution in [3.8, 4) is 0 Å². The fourth-order valence-electron chi connectivity index (χ4n) is 2.23. The molecule has 0 saturated heterocycles. The predicted molar refractivity (Wildman–Crippen MR) is 78.1 cm³/mol. The van der Waals surface area contributed by atoms with Gasteiger partial charge in [0.05, 0.1) is 0 Å². The maximum atomic E-state index is 5.46. The Balaban J connectivity index is 2.85. The van der Waals surface area contributed by atoms with Gasteiger partial charge in [0.15, 0.2) is 0 Å². The van der Waals surface area contributed by atoms with Crippen LogP contribution >= 0.6 is 0 Å². The molecule has 0 unspecified atom stereocenters. The highest BCUT2D eigenvalue weighted by atomic mass is 14.5. The smallest absolute Gasteiger partial charge is 0.00773 e. The molecule has 0 atom stereocenters. The molecule has 0 bridgehead atoms. The second kappa shape index (κ2) is 15.9. The third-order valence-electron chi connectivity index (χ3n) is 3.41. The molecule has 0 aromatic heterocycles. The Morgan fingerprint density at radius 3 is 0.647 bits per heavy atom. The van der Waals surface area contributed by atoms with Crippen LogP contribution in [0.2, 0.25) is 0 Å². The Kier molecular flexibility index (Phi) is 15.8. The second-order valence-electron chi connectivity index (χ2n) is 5.17. The minimum atomic E-state index is 0.865. The van der Waals surface area contributed by atoms with Crippen LogP contribution in [0.5, 0.6) is 0 Å². The van der Waals surface area contributed by atoms with Gasteiger partial charge in [-0.15, -0.1) is 0 Å². The molecule has 0 aliphatic heterocycles. The van der Waals surface area contributed by atoms with Crippen molar-refractivity contribution in [2.75, 3.05) is 13.1 Å². The average molecular weight is 242 g/mol. The van der Waals surface area contributed by atoms with Crippen LogP contribution in [0.1, 0.15) is 83.5 Å². The molecule has 0 aromatic rings. The summed E-state index contributed by atoms with van der Waals surface area (Å²) in [6, 6.07) is 0. The molecule has 0 fully saturated rings. The predicted octanol–water partition coefficient (Wildman–Crippen LogP) is 3.98. The summed E-state index contributed by atoms with van der Waals surface area (Å²) in [6.45, 7) is 1.73. The quantitative estimate of drug-likeness (QED) is 0.453. The maximum Gasteiger partial charge on any atom is -0.00773 e.